The van der Waals surface area contributed by atoms with E-state index in [1.54, 1.807) is 17.8 Å². The zero-order chi connectivity index (χ0) is 12.3. The molecule has 1 aromatic carbocycles. The maximum absolute atomic E-state index is 5.81. The van der Waals surface area contributed by atoms with Gasteiger partial charge in [0.2, 0.25) is 0 Å². The first-order chi connectivity index (χ1) is 8.13. The van der Waals surface area contributed by atoms with Crippen molar-refractivity contribution in [3.63, 3.8) is 0 Å². The fourth-order valence-electron chi connectivity index (χ4n) is 1.71. The molecule has 0 aliphatic heterocycles. The Morgan fingerprint density at radius 2 is 1.76 bits per heavy atom. The lowest BCUT2D eigenvalue weighted by Crippen LogP contribution is -1.87. The molecule has 0 bridgehead atoms. The summed E-state index contributed by atoms with van der Waals surface area (Å²) in [5, 5.41) is 1.40. The third kappa shape index (κ3) is 3.72. The molecule has 0 spiro atoms. The SMILES string of the molecule is Cc1cc(C)cc(CSc2cc(Cl)ncn2)c1. The van der Waals surface area contributed by atoms with Crippen LogP contribution in [0, 0.1) is 13.8 Å². The lowest BCUT2D eigenvalue weighted by atomic mass is 10.1. The maximum Gasteiger partial charge on any atom is 0.133 e. The summed E-state index contributed by atoms with van der Waals surface area (Å²) >= 11 is 7.48. The molecule has 2 rings (SSSR count). The van der Waals surface area contributed by atoms with Crippen LogP contribution in [0.3, 0.4) is 0 Å². The molecule has 0 unspecified atom stereocenters. The van der Waals surface area contributed by atoms with E-state index < -0.39 is 0 Å². The summed E-state index contributed by atoms with van der Waals surface area (Å²) in [5.74, 6) is 0.899. The molecule has 2 nitrogen and oxygen atoms in total. The van der Waals surface area contributed by atoms with E-state index in [9.17, 15) is 0 Å². The number of hydrogen-bond donors (Lipinski definition) is 0. The Bertz CT molecular complexity index is 508. The van der Waals surface area contributed by atoms with Crippen LogP contribution in [0.4, 0.5) is 0 Å². The first kappa shape index (κ1) is 12.4. The van der Waals surface area contributed by atoms with E-state index in [4.69, 9.17) is 11.6 Å². The highest BCUT2D eigenvalue weighted by Gasteiger charge is 2.00. The molecular formula is C13H13ClN2S. The standard InChI is InChI=1S/C13H13ClN2S/c1-9-3-10(2)5-11(4-9)7-17-13-6-12(14)15-8-16-13/h3-6,8H,7H2,1-2H3. The van der Waals surface area contributed by atoms with E-state index in [2.05, 4.69) is 42.0 Å². The van der Waals surface area contributed by atoms with Gasteiger partial charge in [-0.15, -0.1) is 11.8 Å². The highest BCUT2D eigenvalue weighted by Crippen LogP contribution is 2.23. The van der Waals surface area contributed by atoms with Gasteiger partial charge in [-0.3, -0.25) is 0 Å². The average Bonchev–Trinajstić information content (AvgIpc) is 2.25. The van der Waals surface area contributed by atoms with Gasteiger partial charge >= 0.3 is 0 Å². The predicted molar refractivity (Wildman–Crippen MR) is 72.5 cm³/mol. The van der Waals surface area contributed by atoms with Crippen LogP contribution in [0.15, 0.2) is 35.6 Å². The number of thioether (sulfide) groups is 1. The minimum atomic E-state index is 0.489. The maximum atomic E-state index is 5.81. The number of benzene rings is 1. The smallest absolute Gasteiger partial charge is 0.133 e. The Labute approximate surface area is 110 Å². The Balaban J connectivity index is 2.07. The van der Waals surface area contributed by atoms with Gasteiger partial charge < -0.3 is 0 Å². The van der Waals surface area contributed by atoms with Crippen molar-refractivity contribution in [2.75, 3.05) is 0 Å². The lowest BCUT2D eigenvalue weighted by Gasteiger charge is -2.04. The molecule has 2 aromatic rings. The molecule has 1 aromatic heterocycles. The molecule has 17 heavy (non-hydrogen) atoms. The van der Waals surface area contributed by atoms with Crippen LogP contribution >= 0.6 is 23.4 Å². The highest BCUT2D eigenvalue weighted by atomic mass is 35.5. The lowest BCUT2D eigenvalue weighted by molar-refractivity contribution is 1.05. The summed E-state index contributed by atoms with van der Waals surface area (Å²) in [6.45, 7) is 4.23. The summed E-state index contributed by atoms with van der Waals surface area (Å²) in [7, 11) is 0. The number of hydrogen-bond acceptors (Lipinski definition) is 3. The molecular weight excluding hydrogens is 252 g/mol. The summed E-state index contributed by atoms with van der Waals surface area (Å²) in [4.78, 5) is 8.03. The molecule has 88 valence electrons. The van der Waals surface area contributed by atoms with Crippen molar-refractivity contribution in [3.8, 4) is 0 Å². The quantitative estimate of drug-likeness (QED) is 0.618. The molecule has 0 atom stereocenters. The van der Waals surface area contributed by atoms with Crippen LogP contribution in [0.1, 0.15) is 16.7 Å². The molecule has 1 heterocycles. The number of nitrogens with zero attached hydrogens (tertiary/aromatic N) is 2. The highest BCUT2D eigenvalue weighted by molar-refractivity contribution is 7.98. The monoisotopic (exact) mass is 264 g/mol. The summed E-state index contributed by atoms with van der Waals surface area (Å²) in [6, 6.07) is 8.36. The van der Waals surface area contributed by atoms with Gasteiger partial charge in [-0.1, -0.05) is 40.9 Å². The minimum Gasteiger partial charge on any atom is -0.230 e. The van der Waals surface area contributed by atoms with Crippen molar-refractivity contribution >= 4 is 23.4 Å². The number of aryl methyl sites for hydroxylation is 2. The van der Waals surface area contributed by atoms with Crippen molar-refractivity contribution in [3.05, 3.63) is 52.4 Å². The van der Waals surface area contributed by atoms with Crippen molar-refractivity contribution < 1.29 is 0 Å². The van der Waals surface area contributed by atoms with Crippen molar-refractivity contribution in [1.82, 2.24) is 9.97 Å². The van der Waals surface area contributed by atoms with Crippen LogP contribution in [0.5, 0.6) is 0 Å². The molecule has 4 heteroatoms. The van der Waals surface area contributed by atoms with Gasteiger partial charge in [0.1, 0.15) is 16.5 Å². The summed E-state index contributed by atoms with van der Waals surface area (Å²) in [6.07, 6.45) is 1.49. The van der Waals surface area contributed by atoms with Crippen LogP contribution in [0.2, 0.25) is 5.15 Å². The van der Waals surface area contributed by atoms with E-state index >= 15 is 0 Å². The van der Waals surface area contributed by atoms with Gasteiger partial charge in [-0.2, -0.15) is 0 Å². The second-order valence-electron chi connectivity index (χ2n) is 3.96. The first-order valence-electron chi connectivity index (χ1n) is 5.31. The van der Waals surface area contributed by atoms with Crippen molar-refractivity contribution in [1.29, 1.82) is 0 Å². The van der Waals surface area contributed by atoms with Crippen molar-refractivity contribution in [2.45, 2.75) is 24.6 Å². The number of halogens is 1. The van der Waals surface area contributed by atoms with E-state index in [0.29, 0.717) is 5.15 Å². The third-order valence-corrected chi connectivity index (χ3v) is 3.48. The molecule has 0 aliphatic carbocycles. The van der Waals surface area contributed by atoms with Gasteiger partial charge in [0, 0.05) is 11.8 Å². The molecule has 0 saturated heterocycles. The Kier molecular flexibility index (Phi) is 4.02. The average molecular weight is 265 g/mol. The van der Waals surface area contributed by atoms with Crippen LogP contribution in [-0.2, 0) is 5.75 Å². The molecule has 0 radical (unpaired) electrons. The van der Waals surface area contributed by atoms with Gasteiger partial charge in [0.15, 0.2) is 0 Å². The first-order valence-corrected chi connectivity index (χ1v) is 6.67. The molecule has 0 saturated carbocycles. The summed E-state index contributed by atoms with van der Waals surface area (Å²) < 4.78 is 0. The Hall–Kier alpha value is -1.06. The summed E-state index contributed by atoms with van der Waals surface area (Å²) in [5.41, 5.74) is 3.89. The third-order valence-electron chi connectivity index (χ3n) is 2.28. The minimum absolute atomic E-state index is 0.489. The van der Waals surface area contributed by atoms with Gasteiger partial charge in [0.25, 0.3) is 0 Å². The van der Waals surface area contributed by atoms with E-state index in [1.165, 1.54) is 23.0 Å². The van der Waals surface area contributed by atoms with Crippen LogP contribution in [-0.4, -0.2) is 9.97 Å². The van der Waals surface area contributed by atoms with Crippen molar-refractivity contribution in [2.24, 2.45) is 0 Å². The number of aromatic nitrogens is 2. The van der Waals surface area contributed by atoms with Gasteiger partial charge in [0.05, 0.1) is 0 Å². The predicted octanol–water partition coefficient (Wildman–Crippen LogP) is 4.04. The fraction of sp³-hybridized carbons (Fsp3) is 0.231. The topological polar surface area (TPSA) is 25.8 Å². The van der Waals surface area contributed by atoms with Gasteiger partial charge in [-0.05, 0) is 19.4 Å². The Morgan fingerprint density at radius 1 is 1.06 bits per heavy atom. The zero-order valence-electron chi connectivity index (χ0n) is 9.77. The normalized spacial score (nSPS) is 10.5. The van der Waals surface area contributed by atoms with Gasteiger partial charge in [-0.25, -0.2) is 9.97 Å². The Morgan fingerprint density at radius 3 is 2.41 bits per heavy atom. The van der Waals surface area contributed by atoms with E-state index in [-0.39, 0.29) is 0 Å². The second kappa shape index (κ2) is 5.52. The molecule has 0 aliphatic rings. The molecule has 0 fully saturated rings. The number of rotatable bonds is 3. The van der Waals surface area contributed by atoms with Crippen LogP contribution in [0.25, 0.3) is 0 Å². The van der Waals surface area contributed by atoms with E-state index in [1.807, 2.05) is 0 Å². The molecule has 0 amide bonds. The zero-order valence-corrected chi connectivity index (χ0v) is 11.3. The van der Waals surface area contributed by atoms with E-state index in [0.717, 1.165) is 10.8 Å². The van der Waals surface area contributed by atoms with Crippen LogP contribution < -0.4 is 0 Å². The largest absolute Gasteiger partial charge is 0.230 e. The second-order valence-corrected chi connectivity index (χ2v) is 5.35. The molecule has 0 N–H and O–H groups in total. The fourth-order valence-corrected chi connectivity index (χ4v) is 2.72.